The zero-order valence-corrected chi connectivity index (χ0v) is 15.1. The van der Waals surface area contributed by atoms with Gasteiger partial charge in [0.15, 0.2) is 5.96 Å². The summed E-state index contributed by atoms with van der Waals surface area (Å²) in [6.45, 7) is 11.4. The van der Waals surface area contributed by atoms with Gasteiger partial charge in [0.2, 0.25) is 5.91 Å². The largest absolute Gasteiger partial charge is 0.357 e. The maximum atomic E-state index is 11.4. The maximum absolute atomic E-state index is 11.4. The number of piperidine rings is 1. The van der Waals surface area contributed by atoms with Crippen LogP contribution in [0.1, 0.15) is 33.1 Å². The monoisotopic (exact) mass is 323 g/mol. The third-order valence-electron chi connectivity index (χ3n) is 5.00. The average Bonchev–Trinajstić information content (AvgIpc) is 2.56. The second-order valence-corrected chi connectivity index (χ2v) is 6.76. The molecule has 23 heavy (non-hydrogen) atoms. The maximum Gasteiger partial charge on any atom is 0.219 e. The van der Waals surface area contributed by atoms with Crippen LogP contribution in [0.3, 0.4) is 0 Å². The summed E-state index contributed by atoms with van der Waals surface area (Å²) in [5.41, 5.74) is 0. The van der Waals surface area contributed by atoms with Gasteiger partial charge in [-0.1, -0.05) is 0 Å². The Kier molecular flexibility index (Phi) is 7.15. The Hall–Kier alpha value is -1.30. The molecule has 2 rings (SSSR count). The topological polar surface area (TPSA) is 51.2 Å². The minimum absolute atomic E-state index is 0.175. The summed E-state index contributed by atoms with van der Waals surface area (Å²) < 4.78 is 0. The molecule has 2 saturated heterocycles. The molecule has 0 aromatic rings. The van der Waals surface area contributed by atoms with Crippen molar-refractivity contribution < 1.29 is 4.79 Å². The molecule has 6 nitrogen and oxygen atoms in total. The van der Waals surface area contributed by atoms with E-state index >= 15 is 0 Å². The van der Waals surface area contributed by atoms with E-state index in [1.54, 1.807) is 6.92 Å². The van der Waals surface area contributed by atoms with E-state index < -0.39 is 0 Å². The Morgan fingerprint density at radius 2 is 1.70 bits per heavy atom. The van der Waals surface area contributed by atoms with Crippen molar-refractivity contribution in [3.05, 3.63) is 0 Å². The molecule has 6 heteroatoms. The molecule has 2 aliphatic heterocycles. The van der Waals surface area contributed by atoms with Gasteiger partial charge in [-0.15, -0.1) is 0 Å². The minimum Gasteiger partial charge on any atom is -0.357 e. The highest BCUT2D eigenvalue weighted by molar-refractivity contribution is 5.80. The molecule has 0 atom stereocenters. The van der Waals surface area contributed by atoms with Gasteiger partial charge in [0.1, 0.15) is 0 Å². The zero-order chi connectivity index (χ0) is 16.7. The summed E-state index contributed by atoms with van der Waals surface area (Å²) in [5, 5.41) is 3.41. The van der Waals surface area contributed by atoms with Gasteiger partial charge in [0.05, 0.1) is 0 Å². The smallest absolute Gasteiger partial charge is 0.219 e. The molecule has 1 amide bonds. The van der Waals surface area contributed by atoms with Crippen molar-refractivity contribution in [3.63, 3.8) is 0 Å². The standard InChI is InChI=1S/C17H33N5O/c1-4-18-17(22-13-11-21(12-14-22)15(2)23)19-8-5-16-6-9-20(3)10-7-16/h16H,4-14H2,1-3H3,(H,18,19). The fourth-order valence-corrected chi connectivity index (χ4v) is 3.36. The number of amides is 1. The van der Waals surface area contributed by atoms with E-state index in [0.717, 1.165) is 51.1 Å². The van der Waals surface area contributed by atoms with Gasteiger partial charge >= 0.3 is 0 Å². The highest BCUT2D eigenvalue weighted by atomic mass is 16.2. The molecule has 2 aliphatic rings. The first-order valence-corrected chi connectivity index (χ1v) is 9.07. The number of carbonyl (C=O) groups is 1. The van der Waals surface area contributed by atoms with Crippen LogP contribution >= 0.6 is 0 Å². The first kappa shape index (κ1) is 18.0. The van der Waals surface area contributed by atoms with Gasteiger partial charge in [-0.3, -0.25) is 9.79 Å². The molecule has 0 bridgehead atoms. The van der Waals surface area contributed by atoms with Crippen molar-refractivity contribution in [1.29, 1.82) is 0 Å². The van der Waals surface area contributed by atoms with E-state index in [-0.39, 0.29) is 5.91 Å². The SMILES string of the molecule is CCNC(=NCCC1CCN(C)CC1)N1CCN(C(C)=O)CC1. The van der Waals surface area contributed by atoms with Gasteiger partial charge < -0.3 is 20.0 Å². The molecule has 1 N–H and O–H groups in total. The zero-order valence-electron chi connectivity index (χ0n) is 15.1. The molecule has 0 saturated carbocycles. The summed E-state index contributed by atoms with van der Waals surface area (Å²) in [6.07, 6.45) is 3.80. The normalized spacial score (nSPS) is 21.6. The Labute approximate surface area is 140 Å². The lowest BCUT2D eigenvalue weighted by Gasteiger charge is -2.36. The quantitative estimate of drug-likeness (QED) is 0.615. The summed E-state index contributed by atoms with van der Waals surface area (Å²) in [4.78, 5) is 22.9. The predicted octanol–water partition coefficient (Wildman–Crippen LogP) is 0.848. The second-order valence-electron chi connectivity index (χ2n) is 6.76. The van der Waals surface area contributed by atoms with Gasteiger partial charge in [0.25, 0.3) is 0 Å². The van der Waals surface area contributed by atoms with Crippen molar-refractivity contribution in [2.24, 2.45) is 10.9 Å². The molecule has 0 radical (unpaired) electrons. The number of rotatable bonds is 4. The van der Waals surface area contributed by atoms with Crippen molar-refractivity contribution in [1.82, 2.24) is 20.0 Å². The van der Waals surface area contributed by atoms with Crippen LogP contribution in [0.2, 0.25) is 0 Å². The number of nitrogens with one attached hydrogen (secondary N) is 1. The van der Waals surface area contributed by atoms with Gasteiger partial charge in [0, 0.05) is 46.2 Å². The van der Waals surface area contributed by atoms with Gasteiger partial charge in [-0.05, 0) is 52.2 Å². The van der Waals surface area contributed by atoms with Gasteiger partial charge in [-0.25, -0.2) is 0 Å². The number of piperazine rings is 1. The highest BCUT2D eigenvalue weighted by Crippen LogP contribution is 2.19. The van der Waals surface area contributed by atoms with Gasteiger partial charge in [-0.2, -0.15) is 0 Å². The molecular weight excluding hydrogens is 290 g/mol. The lowest BCUT2D eigenvalue weighted by Crippen LogP contribution is -2.53. The first-order chi connectivity index (χ1) is 11.1. The summed E-state index contributed by atoms with van der Waals surface area (Å²) in [5.74, 6) is 2.02. The second kappa shape index (κ2) is 9.11. The Morgan fingerprint density at radius 1 is 1.09 bits per heavy atom. The average molecular weight is 323 g/mol. The molecule has 0 aromatic carbocycles. The highest BCUT2D eigenvalue weighted by Gasteiger charge is 2.21. The van der Waals surface area contributed by atoms with Crippen LogP contribution in [0.5, 0.6) is 0 Å². The third kappa shape index (κ3) is 5.68. The molecule has 0 spiro atoms. The fourth-order valence-electron chi connectivity index (χ4n) is 3.36. The Bertz CT molecular complexity index is 396. The molecule has 0 unspecified atom stereocenters. The summed E-state index contributed by atoms with van der Waals surface area (Å²) >= 11 is 0. The van der Waals surface area contributed by atoms with Crippen molar-refractivity contribution in [3.8, 4) is 0 Å². The van der Waals surface area contributed by atoms with Crippen molar-refractivity contribution in [2.75, 3.05) is 59.4 Å². The molecule has 132 valence electrons. The minimum atomic E-state index is 0.175. The van der Waals surface area contributed by atoms with E-state index in [0.29, 0.717) is 0 Å². The first-order valence-electron chi connectivity index (χ1n) is 9.07. The fraction of sp³-hybridized carbons (Fsp3) is 0.882. The molecule has 0 aromatic heterocycles. The number of hydrogen-bond donors (Lipinski definition) is 1. The summed E-state index contributed by atoms with van der Waals surface area (Å²) in [6, 6.07) is 0. The molecule has 2 heterocycles. The lowest BCUT2D eigenvalue weighted by molar-refractivity contribution is -0.130. The lowest BCUT2D eigenvalue weighted by atomic mass is 9.94. The van der Waals surface area contributed by atoms with Crippen LogP contribution in [-0.2, 0) is 4.79 Å². The van der Waals surface area contributed by atoms with Crippen molar-refractivity contribution in [2.45, 2.75) is 33.1 Å². The van der Waals surface area contributed by atoms with E-state index in [9.17, 15) is 4.79 Å². The number of carbonyl (C=O) groups excluding carboxylic acids is 1. The number of aliphatic imine (C=N–C) groups is 1. The Morgan fingerprint density at radius 3 is 2.26 bits per heavy atom. The van der Waals surface area contributed by atoms with Crippen molar-refractivity contribution >= 4 is 11.9 Å². The van der Waals surface area contributed by atoms with Crippen LogP contribution in [0, 0.1) is 5.92 Å². The van der Waals surface area contributed by atoms with Crippen LogP contribution in [0.4, 0.5) is 0 Å². The number of nitrogens with zero attached hydrogens (tertiary/aromatic N) is 4. The van der Waals surface area contributed by atoms with Crippen LogP contribution < -0.4 is 5.32 Å². The van der Waals surface area contributed by atoms with Crippen LogP contribution in [0.25, 0.3) is 0 Å². The molecule has 0 aliphatic carbocycles. The van der Waals surface area contributed by atoms with Crippen LogP contribution in [0.15, 0.2) is 4.99 Å². The van der Waals surface area contributed by atoms with E-state index in [1.807, 2.05) is 4.90 Å². The number of likely N-dealkylation sites (tertiary alicyclic amines) is 1. The number of guanidine groups is 1. The predicted molar refractivity (Wildman–Crippen MR) is 94.6 cm³/mol. The third-order valence-corrected chi connectivity index (χ3v) is 5.00. The van der Waals surface area contributed by atoms with E-state index in [4.69, 9.17) is 4.99 Å². The number of hydrogen-bond acceptors (Lipinski definition) is 3. The van der Waals surface area contributed by atoms with E-state index in [1.165, 1.54) is 32.4 Å². The molecular formula is C17H33N5O. The summed E-state index contributed by atoms with van der Waals surface area (Å²) in [7, 11) is 2.21. The Balaban J connectivity index is 1.79. The van der Waals surface area contributed by atoms with E-state index in [2.05, 4.69) is 29.1 Å². The molecule has 2 fully saturated rings. The van der Waals surface area contributed by atoms with Crippen LogP contribution in [-0.4, -0.2) is 86.0 Å².